The molecular weight excluding hydrogens is 474 g/mol. The lowest BCUT2D eigenvalue weighted by Gasteiger charge is -2.52. The molecule has 0 heterocycles. The third-order valence-corrected chi connectivity index (χ3v) is 8.89. The summed E-state index contributed by atoms with van der Waals surface area (Å²) in [4.78, 5) is 55.9. The van der Waals surface area contributed by atoms with Crippen molar-refractivity contribution in [1.29, 1.82) is 0 Å². The number of allylic oxidation sites excluding steroid dienone is 3. The molecular formula is C27H41N5O5. The van der Waals surface area contributed by atoms with E-state index in [-0.39, 0.29) is 66.3 Å². The van der Waals surface area contributed by atoms with E-state index in [1.165, 1.54) is 0 Å². The summed E-state index contributed by atoms with van der Waals surface area (Å²) in [5.41, 5.74) is 8.38. The zero-order valence-corrected chi connectivity index (χ0v) is 22.3. The molecule has 0 saturated heterocycles. The second-order valence-electron chi connectivity index (χ2n) is 11.5. The van der Waals surface area contributed by atoms with Gasteiger partial charge in [0.1, 0.15) is 11.6 Å². The van der Waals surface area contributed by atoms with Crippen LogP contribution in [0.3, 0.4) is 0 Å². The van der Waals surface area contributed by atoms with Gasteiger partial charge in [0.2, 0.25) is 11.8 Å². The molecule has 7 atom stereocenters. The molecule has 0 aromatic rings. The summed E-state index contributed by atoms with van der Waals surface area (Å²) in [5, 5.41) is 14.7. The van der Waals surface area contributed by atoms with Gasteiger partial charge in [0.25, 0.3) is 0 Å². The number of hydrogen-bond acceptors (Lipinski definition) is 8. The number of ketones is 2. The zero-order valence-electron chi connectivity index (χ0n) is 22.3. The molecule has 0 bridgehead atoms. The van der Waals surface area contributed by atoms with Crippen molar-refractivity contribution in [3.8, 4) is 0 Å². The Balaban J connectivity index is 1.60. The average Bonchev–Trinajstić information content (AvgIpc) is 2.83. The number of aliphatic hydroxyl groups excluding tert-OH is 1. The molecule has 0 aliphatic heterocycles. The van der Waals surface area contributed by atoms with Crippen LogP contribution in [0.1, 0.15) is 32.1 Å². The Morgan fingerprint density at radius 3 is 2.41 bits per heavy atom. The number of hydrogen-bond donors (Lipinski definition) is 4. The van der Waals surface area contributed by atoms with Crippen LogP contribution in [-0.4, -0.2) is 92.2 Å². The number of nitrogens with zero attached hydrogens (tertiary/aromatic N) is 2. The van der Waals surface area contributed by atoms with E-state index >= 15 is 0 Å². The van der Waals surface area contributed by atoms with Crippen molar-refractivity contribution in [1.82, 2.24) is 20.4 Å². The number of nitrogens with one attached hydrogen (secondary N) is 2. The molecule has 0 spiro atoms. The molecule has 3 fully saturated rings. The third kappa shape index (κ3) is 5.37. The Morgan fingerprint density at radius 2 is 1.78 bits per heavy atom. The van der Waals surface area contributed by atoms with Gasteiger partial charge < -0.3 is 31.3 Å². The number of nitrogens with two attached hydrogens (primary N) is 1. The minimum absolute atomic E-state index is 0.0498. The molecule has 4 aliphatic carbocycles. The predicted octanol–water partition coefficient (Wildman–Crippen LogP) is -0.360. The van der Waals surface area contributed by atoms with Crippen molar-refractivity contribution in [3.05, 3.63) is 23.0 Å². The standard InChI is InChI=1S/C27H41N5O5/c1-31(2)22-10-15(30-24(34)13-29-5-6-33)9-19-17(22)7-14-8-18-20(11-16(14)25(19)35)26(36)21(27(28)37)12-23(18)32(3)4/h10,14,16,18-21,23,29,33H,5-9,11-13H2,1-4H3,(H2,28,37)(H,30,34)/t14?,16?,18?,19?,20-,21?,23+/m1/s1. The lowest BCUT2D eigenvalue weighted by atomic mass is 9.53. The molecule has 0 aromatic heterocycles. The average molecular weight is 516 g/mol. The second kappa shape index (κ2) is 11.0. The summed E-state index contributed by atoms with van der Waals surface area (Å²) in [5.74, 6) is -2.19. The van der Waals surface area contributed by atoms with Crippen molar-refractivity contribution in [3.63, 3.8) is 0 Å². The Bertz CT molecular complexity index is 1020. The van der Waals surface area contributed by atoms with Gasteiger partial charge in [-0.3, -0.25) is 19.2 Å². The molecule has 2 amide bonds. The minimum Gasteiger partial charge on any atom is -0.395 e. The molecule has 0 radical (unpaired) electrons. The third-order valence-electron chi connectivity index (χ3n) is 8.89. The Kier molecular flexibility index (Phi) is 8.20. The van der Waals surface area contributed by atoms with Gasteiger partial charge in [-0.15, -0.1) is 0 Å². The van der Waals surface area contributed by atoms with Gasteiger partial charge in [0.15, 0.2) is 0 Å². The van der Waals surface area contributed by atoms with Crippen molar-refractivity contribution >= 4 is 23.4 Å². The normalized spacial score (nSPS) is 33.4. The number of carbonyl (C=O) groups excluding carboxylic acids is 4. The van der Waals surface area contributed by atoms with Crippen LogP contribution in [0, 0.1) is 35.5 Å². The lowest BCUT2D eigenvalue weighted by Crippen LogP contribution is -2.57. The molecule has 0 aromatic carbocycles. The first-order valence-electron chi connectivity index (χ1n) is 13.3. The number of amides is 2. The van der Waals surface area contributed by atoms with E-state index in [1.54, 1.807) is 0 Å². The number of Topliss-reactive ketones (excluding diaryl/α,β-unsaturated/α-hetero) is 2. The SMILES string of the molecule is CN(C)C1=C2CC3CC4[C@@H](CC3C(=O)C2CC(NC(=O)CNCCO)=C1)C(=O)C(C(N)=O)C[C@@H]4N(C)C. The molecule has 5 N–H and O–H groups in total. The number of carbonyl (C=O) groups is 4. The van der Waals surface area contributed by atoms with Crippen LogP contribution >= 0.6 is 0 Å². The van der Waals surface area contributed by atoms with Crippen molar-refractivity contribution in [2.24, 2.45) is 41.2 Å². The Morgan fingerprint density at radius 1 is 1.05 bits per heavy atom. The van der Waals surface area contributed by atoms with Gasteiger partial charge in [0, 0.05) is 62.3 Å². The summed E-state index contributed by atoms with van der Waals surface area (Å²) in [7, 11) is 7.86. The highest BCUT2D eigenvalue weighted by Gasteiger charge is 2.55. The van der Waals surface area contributed by atoms with E-state index in [4.69, 9.17) is 10.8 Å². The molecule has 4 rings (SSSR count). The smallest absolute Gasteiger partial charge is 0.238 e. The van der Waals surface area contributed by atoms with Gasteiger partial charge in [-0.05, 0) is 63.3 Å². The second-order valence-corrected chi connectivity index (χ2v) is 11.5. The number of fused-ring (bicyclic) bond motifs is 3. The first-order chi connectivity index (χ1) is 17.5. The van der Waals surface area contributed by atoms with Crippen LogP contribution in [0.5, 0.6) is 0 Å². The summed E-state index contributed by atoms with van der Waals surface area (Å²) in [6, 6.07) is 0.0729. The Hall–Kier alpha value is -2.56. The highest BCUT2D eigenvalue weighted by atomic mass is 16.3. The van der Waals surface area contributed by atoms with Crippen LogP contribution in [-0.2, 0) is 19.2 Å². The van der Waals surface area contributed by atoms with Gasteiger partial charge in [-0.25, -0.2) is 0 Å². The van der Waals surface area contributed by atoms with Crippen LogP contribution in [0.25, 0.3) is 0 Å². The fraction of sp³-hybridized carbons (Fsp3) is 0.704. The topological polar surface area (TPSA) is 145 Å². The first-order valence-corrected chi connectivity index (χ1v) is 13.3. The van der Waals surface area contributed by atoms with Crippen LogP contribution in [0.15, 0.2) is 23.0 Å². The molecule has 204 valence electrons. The van der Waals surface area contributed by atoms with Crippen molar-refractivity contribution in [2.75, 3.05) is 47.9 Å². The van der Waals surface area contributed by atoms with E-state index in [2.05, 4.69) is 15.5 Å². The molecule has 37 heavy (non-hydrogen) atoms. The van der Waals surface area contributed by atoms with E-state index in [0.29, 0.717) is 31.5 Å². The molecule has 3 saturated carbocycles. The molecule has 4 aliphatic rings. The molecule has 10 heteroatoms. The number of rotatable bonds is 8. The fourth-order valence-corrected chi connectivity index (χ4v) is 7.19. The lowest BCUT2D eigenvalue weighted by molar-refractivity contribution is -0.147. The largest absolute Gasteiger partial charge is 0.395 e. The van der Waals surface area contributed by atoms with E-state index in [1.807, 2.05) is 39.2 Å². The van der Waals surface area contributed by atoms with Crippen LogP contribution in [0.4, 0.5) is 0 Å². The predicted molar refractivity (Wildman–Crippen MR) is 138 cm³/mol. The van der Waals surface area contributed by atoms with Crippen LogP contribution < -0.4 is 16.4 Å². The number of primary amides is 1. The first kappa shape index (κ1) is 27.5. The summed E-state index contributed by atoms with van der Waals surface area (Å²) < 4.78 is 0. The van der Waals surface area contributed by atoms with Gasteiger partial charge in [-0.2, -0.15) is 0 Å². The maximum atomic E-state index is 14.0. The zero-order chi connectivity index (χ0) is 27.0. The Labute approximate surface area is 218 Å². The quantitative estimate of drug-likeness (QED) is 0.253. The van der Waals surface area contributed by atoms with E-state index < -0.39 is 11.8 Å². The number of likely N-dealkylation sites (N-methyl/N-ethyl adjacent to an activating group) is 1. The fourth-order valence-electron chi connectivity index (χ4n) is 7.19. The van der Waals surface area contributed by atoms with Crippen molar-refractivity contribution in [2.45, 2.75) is 38.1 Å². The summed E-state index contributed by atoms with van der Waals surface area (Å²) >= 11 is 0. The highest BCUT2D eigenvalue weighted by Crippen LogP contribution is 2.53. The van der Waals surface area contributed by atoms with Gasteiger partial charge in [-0.1, -0.05) is 0 Å². The highest BCUT2D eigenvalue weighted by molar-refractivity contribution is 6.03. The van der Waals surface area contributed by atoms with Gasteiger partial charge in [0.05, 0.1) is 19.1 Å². The summed E-state index contributed by atoms with van der Waals surface area (Å²) in [6.45, 7) is 0.357. The maximum Gasteiger partial charge on any atom is 0.238 e. The van der Waals surface area contributed by atoms with Crippen LogP contribution in [0.2, 0.25) is 0 Å². The van der Waals surface area contributed by atoms with Gasteiger partial charge >= 0.3 is 0 Å². The number of aliphatic hydroxyl groups is 1. The monoisotopic (exact) mass is 515 g/mol. The van der Waals surface area contributed by atoms with E-state index in [9.17, 15) is 19.2 Å². The summed E-state index contributed by atoms with van der Waals surface area (Å²) in [6.07, 6.45) is 4.88. The van der Waals surface area contributed by atoms with E-state index in [0.717, 1.165) is 24.1 Å². The minimum atomic E-state index is -0.793. The van der Waals surface area contributed by atoms with Crippen molar-refractivity contribution < 1.29 is 24.3 Å². The maximum absolute atomic E-state index is 14.0. The molecule has 5 unspecified atom stereocenters. The molecule has 10 nitrogen and oxygen atoms in total.